The number of fused-ring (bicyclic) bond motifs is 1. The maximum absolute atomic E-state index is 12.7. The van der Waals surface area contributed by atoms with E-state index >= 15 is 0 Å². The van der Waals surface area contributed by atoms with Crippen molar-refractivity contribution in [1.82, 2.24) is 5.32 Å². The van der Waals surface area contributed by atoms with Gasteiger partial charge in [-0.05, 0) is 48.4 Å². The number of hydrogen-bond acceptors (Lipinski definition) is 6. The lowest BCUT2D eigenvalue weighted by atomic mass is 10.1. The zero-order valence-electron chi connectivity index (χ0n) is 15.6. The van der Waals surface area contributed by atoms with Crippen molar-refractivity contribution in [1.29, 1.82) is 0 Å². The van der Waals surface area contributed by atoms with Gasteiger partial charge in [-0.15, -0.1) is 0 Å². The third-order valence-electron chi connectivity index (χ3n) is 4.70. The van der Waals surface area contributed by atoms with Gasteiger partial charge < -0.3 is 19.5 Å². The average Bonchev–Trinajstić information content (AvgIpc) is 3.28. The van der Waals surface area contributed by atoms with Gasteiger partial charge in [-0.2, -0.15) is 0 Å². The monoisotopic (exact) mass is 382 g/mol. The van der Waals surface area contributed by atoms with Crippen LogP contribution >= 0.6 is 0 Å². The van der Waals surface area contributed by atoms with Gasteiger partial charge in [0.15, 0.2) is 11.5 Å². The summed E-state index contributed by atoms with van der Waals surface area (Å²) in [5.41, 5.74) is 1.52. The van der Waals surface area contributed by atoms with E-state index in [0.717, 1.165) is 17.7 Å². The van der Waals surface area contributed by atoms with Crippen LogP contribution in [0.1, 0.15) is 25.3 Å². The number of rotatable bonds is 7. The van der Waals surface area contributed by atoms with Crippen LogP contribution in [0.25, 0.3) is 0 Å². The Balaban J connectivity index is 1.39. The van der Waals surface area contributed by atoms with Crippen LogP contribution in [0.15, 0.2) is 42.5 Å². The van der Waals surface area contributed by atoms with Crippen molar-refractivity contribution < 1.29 is 23.8 Å². The topological polar surface area (TPSA) is 77.1 Å². The SMILES string of the molecule is CCCOc1ccc(N2C(=O)C[C@H](NCc3ccc4c(c3)OCO4)C2=O)cc1. The van der Waals surface area contributed by atoms with Crippen molar-refractivity contribution in [3.05, 3.63) is 48.0 Å². The number of amides is 2. The molecule has 7 heteroatoms. The van der Waals surface area contributed by atoms with E-state index in [2.05, 4.69) is 5.32 Å². The highest BCUT2D eigenvalue weighted by Gasteiger charge is 2.39. The van der Waals surface area contributed by atoms with Gasteiger partial charge in [-0.1, -0.05) is 13.0 Å². The molecule has 2 aromatic carbocycles. The number of nitrogens with zero attached hydrogens (tertiary/aromatic N) is 1. The quantitative estimate of drug-likeness (QED) is 0.742. The first-order chi connectivity index (χ1) is 13.7. The maximum Gasteiger partial charge on any atom is 0.251 e. The molecule has 2 heterocycles. The van der Waals surface area contributed by atoms with Gasteiger partial charge in [0.1, 0.15) is 5.75 Å². The summed E-state index contributed by atoms with van der Waals surface area (Å²) >= 11 is 0. The van der Waals surface area contributed by atoms with Gasteiger partial charge >= 0.3 is 0 Å². The molecule has 0 aromatic heterocycles. The Morgan fingerprint density at radius 3 is 2.68 bits per heavy atom. The molecule has 1 saturated heterocycles. The standard InChI is InChI=1S/C21H22N2O5/c1-2-9-26-16-6-4-15(5-7-16)23-20(24)11-17(21(23)25)22-12-14-3-8-18-19(10-14)28-13-27-18/h3-8,10,17,22H,2,9,11-13H2,1H3/t17-/m0/s1. The summed E-state index contributed by atoms with van der Waals surface area (Å²) in [6.07, 6.45) is 1.05. The Morgan fingerprint density at radius 2 is 1.89 bits per heavy atom. The first kappa shape index (κ1) is 18.3. The summed E-state index contributed by atoms with van der Waals surface area (Å²) in [4.78, 5) is 26.4. The first-order valence-electron chi connectivity index (χ1n) is 9.37. The molecule has 146 valence electrons. The van der Waals surface area contributed by atoms with E-state index in [9.17, 15) is 9.59 Å². The Morgan fingerprint density at radius 1 is 1.11 bits per heavy atom. The van der Waals surface area contributed by atoms with E-state index in [1.54, 1.807) is 24.3 Å². The van der Waals surface area contributed by atoms with Crippen LogP contribution < -0.4 is 24.4 Å². The molecule has 1 atom stereocenters. The molecule has 4 rings (SSSR count). The predicted octanol–water partition coefficient (Wildman–Crippen LogP) is 2.63. The maximum atomic E-state index is 12.7. The molecule has 2 aliphatic rings. The van der Waals surface area contributed by atoms with Gasteiger partial charge in [0.25, 0.3) is 5.91 Å². The van der Waals surface area contributed by atoms with E-state index < -0.39 is 6.04 Å². The van der Waals surface area contributed by atoms with Crippen LogP contribution in [0, 0.1) is 0 Å². The summed E-state index contributed by atoms with van der Waals surface area (Å²) in [6, 6.07) is 12.1. The van der Waals surface area contributed by atoms with Gasteiger partial charge in [0, 0.05) is 6.54 Å². The van der Waals surface area contributed by atoms with Crippen molar-refractivity contribution in [2.45, 2.75) is 32.4 Å². The normalized spacial score (nSPS) is 18.0. The fourth-order valence-corrected chi connectivity index (χ4v) is 3.27. The Bertz CT molecular complexity index is 881. The third kappa shape index (κ3) is 3.66. The fourth-order valence-electron chi connectivity index (χ4n) is 3.27. The second kappa shape index (κ2) is 7.90. The number of carbonyl (C=O) groups is 2. The minimum Gasteiger partial charge on any atom is -0.494 e. The van der Waals surface area contributed by atoms with Crippen LogP contribution in [0.4, 0.5) is 5.69 Å². The Labute approximate surface area is 163 Å². The van der Waals surface area contributed by atoms with Crippen LogP contribution in [0.5, 0.6) is 17.2 Å². The molecule has 1 fully saturated rings. The van der Waals surface area contributed by atoms with Crippen LogP contribution in [-0.4, -0.2) is 31.3 Å². The highest BCUT2D eigenvalue weighted by Crippen LogP contribution is 2.32. The number of carbonyl (C=O) groups excluding carboxylic acids is 2. The van der Waals surface area contributed by atoms with Crippen molar-refractivity contribution in [2.75, 3.05) is 18.3 Å². The molecule has 1 N–H and O–H groups in total. The number of anilines is 1. The molecule has 0 spiro atoms. The van der Waals surface area contributed by atoms with E-state index in [1.165, 1.54) is 4.90 Å². The predicted molar refractivity (Wildman–Crippen MR) is 103 cm³/mol. The summed E-state index contributed by atoms with van der Waals surface area (Å²) in [7, 11) is 0. The minimum atomic E-state index is -0.547. The number of benzene rings is 2. The molecular weight excluding hydrogens is 360 g/mol. The Hall–Kier alpha value is -3.06. The number of imide groups is 1. The second-order valence-electron chi connectivity index (χ2n) is 6.73. The van der Waals surface area contributed by atoms with Crippen molar-refractivity contribution >= 4 is 17.5 Å². The first-order valence-corrected chi connectivity index (χ1v) is 9.37. The summed E-state index contributed by atoms with van der Waals surface area (Å²) in [5, 5.41) is 3.18. The molecule has 2 aliphatic heterocycles. The number of nitrogens with one attached hydrogen (secondary N) is 1. The molecule has 0 aliphatic carbocycles. The smallest absolute Gasteiger partial charge is 0.251 e. The molecule has 2 aromatic rings. The van der Waals surface area contributed by atoms with E-state index in [-0.39, 0.29) is 25.0 Å². The van der Waals surface area contributed by atoms with Gasteiger partial charge in [-0.25, -0.2) is 4.90 Å². The Kier molecular flexibility index (Phi) is 5.16. The van der Waals surface area contributed by atoms with E-state index in [1.807, 2.05) is 25.1 Å². The van der Waals surface area contributed by atoms with Gasteiger partial charge in [0.05, 0.1) is 24.8 Å². The highest BCUT2D eigenvalue weighted by atomic mass is 16.7. The van der Waals surface area contributed by atoms with E-state index in [4.69, 9.17) is 14.2 Å². The second-order valence-corrected chi connectivity index (χ2v) is 6.73. The van der Waals surface area contributed by atoms with Crippen LogP contribution in [0.2, 0.25) is 0 Å². The molecule has 0 radical (unpaired) electrons. The summed E-state index contributed by atoms with van der Waals surface area (Å²) in [6.45, 7) is 3.34. The lowest BCUT2D eigenvalue weighted by Crippen LogP contribution is -2.38. The molecule has 2 amide bonds. The fraction of sp³-hybridized carbons (Fsp3) is 0.333. The van der Waals surface area contributed by atoms with Crippen molar-refractivity contribution in [3.8, 4) is 17.2 Å². The zero-order valence-corrected chi connectivity index (χ0v) is 15.6. The molecule has 0 unspecified atom stereocenters. The lowest BCUT2D eigenvalue weighted by Gasteiger charge is -2.16. The van der Waals surface area contributed by atoms with Crippen LogP contribution in [0.3, 0.4) is 0 Å². The molecule has 0 saturated carbocycles. The van der Waals surface area contributed by atoms with Crippen LogP contribution in [-0.2, 0) is 16.1 Å². The summed E-state index contributed by atoms with van der Waals surface area (Å²) in [5.74, 6) is 1.68. The third-order valence-corrected chi connectivity index (χ3v) is 4.70. The highest BCUT2D eigenvalue weighted by molar-refractivity contribution is 6.22. The molecule has 28 heavy (non-hydrogen) atoms. The molecule has 0 bridgehead atoms. The summed E-state index contributed by atoms with van der Waals surface area (Å²) < 4.78 is 16.2. The van der Waals surface area contributed by atoms with Gasteiger partial charge in [-0.3, -0.25) is 9.59 Å². The van der Waals surface area contributed by atoms with Gasteiger partial charge in [0.2, 0.25) is 12.7 Å². The van der Waals surface area contributed by atoms with Crippen molar-refractivity contribution in [3.63, 3.8) is 0 Å². The largest absolute Gasteiger partial charge is 0.494 e. The zero-order chi connectivity index (χ0) is 19.5. The van der Waals surface area contributed by atoms with E-state index in [0.29, 0.717) is 30.3 Å². The number of hydrogen-bond donors (Lipinski definition) is 1. The lowest BCUT2D eigenvalue weighted by molar-refractivity contribution is -0.121. The molecular formula is C21H22N2O5. The number of ether oxygens (including phenoxy) is 3. The minimum absolute atomic E-state index is 0.136. The average molecular weight is 382 g/mol. The molecule has 7 nitrogen and oxygen atoms in total. The van der Waals surface area contributed by atoms with Crippen molar-refractivity contribution in [2.24, 2.45) is 0 Å².